The average molecular weight is 1030 g/mol. The molecule has 0 bridgehead atoms. The number of hydrogen-bond donors (Lipinski definition) is 0. The van der Waals surface area contributed by atoms with E-state index in [1.165, 1.54) is 244 Å². The fourth-order valence-electron chi connectivity index (χ4n) is 9.75. The molecule has 0 aromatic heterocycles. The second-order valence-electron chi connectivity index (χ2n) is 22.0. The predicted octanol–water partition coefficient (Wildman–Crippen LogP) is 22.0. The van der Waals surface area contributed by atoms with Crippen molar-refractivity contribution in [1.29, 1.82) is 0 Å². The number of allylic oxidation sites excluding steroid dienone is 6. The number of carbonyl (C=O) groups excluding carboxylic acids is 3. The number of carbonyl (C=O) groups is 3. The van der Waals surface area contributed by atoms with E-state index in [-0.39, 0.29) is 31.1 Å². The van der Waals surface area contributed by atoms with E-state index in [0.717, 1.165) is 70.6 Å². The van der Waals surface area contributed by atoms with Crippen molar-refractivity contribution in [1.82, 2.24) is 0 Å². The van der Waals surface area contributed by atoms with Gasteiger partial charge in [0.15, 0.2) is 6.10 Å². The Labute approximate surface area is 455 Å². The van der Waals surface area contributed by atoms with Gasteiger partial charge < -0.3 is 14.2 Å². The molecule has 0 spiro atoms. The lowest BCUT2D eigenvalue weighted by molar-refractivity contribution is -0.167. The number of ether oxygens (including phenoxy) is 3. The summed E-state index contributed by atoms with van der Waals surface area (Å²) in [5, 5.41) is 0. The van der Waals surface area contributed by atoms with Crippen molar-refractivity contribution >= 4 is 17.9 Å². The van der Waals surface area contributed by atoms with E-state index >= 15 is 0 Å². The molecular formula is C67H124O6. The summed E-state index contributed by atoms with van der Waals surface area (Å²) in [6.45, 7) is 6.65. The normalized spacial score (nSPS) is 12.2. The fraction of sp³-hybridized carbons (Fsp3) is 0.866. The Hall–Kier alpha value is -2.37. The highest BCUT2D eigenvalue weighted by Gasteiger charge is 2.19. The third kappa shape index (κ3) is 60.4. The van der Waals surface area contributed by atoms with E-state index in [9.17, 15) is 14.4 Å². The topological polar surface area (TPSA) is 78.9 Å². The van der Waals surface area contributed by atoms with Crippen molar-refractivity contribution in [2.45, 2.75) is 361 Å². The van der Waals surface area contributed by atoms with Crippen LogP contribution in [0.25, 0.3) is 0 Å². The zero-order valence-corrected chi connectivity index (χ0v) is 49.2. The summed E-state index contributed by atoms with van der Waals surface area (Å²) in [5.74, 6) is -0.892. The molecule has 0 saturated carbocycles. The standard InChI is InChI=1S/C67H124O6/c1-4-7-10-13-16-19-22-25-28-30-32-33-35-37-40-43-46-49-52-55-58-61-67(70)73-64(62-71-65(68)59-56-53-50-47-44-41-38-27-24-21-18-15-12-9-6-3)63-72-66(69)60-57-54-51-48-45-42-39-36-34-31-29-26-23-20-17-14-11-8-5-2/h18,21,27,38,44,47,64H,4-17,19-20,22-26,28-37,39-43,45-46,48-63H2,1-3H3/b21-18-,38-27-,47-44-/t64-/m1/s1. The predicted molar refractivity (Wildman–Crippen MR) is 316 cm³/mol. The van der Waals surface area contributed by atoms with Crippen molar-refractivity contribution in [3.63, 3.8) is 0 Å². The quantitative estimate of drug-likeness (QED) is 0.0261. The molecule has 0 aliphatic carbocycles. The third-order valence-electron chi connectivity index (χ3n) is 14.6. The summed E-state index contributed by atoms with van der Waals surface area (Å²) in [7, 11) is 0. The van der Waals surface area contributed by atoms with Gasteiger partial charge in [0.2, 0.25) is 0 Å². The first kappa shape index (κ1) is 70.6. The lowest BCUT2D eigenvalue weighted by atomic mass is 10.0. The molecule has 0 rings (SSSR count). The molecule has 0 heterocycles. The van der Waals surface area contributed by atoms with Crippen LogP contribution in [0.15, 0.2) is 36.5 Å². The molecule has 0 fully saturated rings. The zero-order chi connectivity index (χ0) is 52.9. The first-order valence-corrected chi connectivity index (χ1v) is 32.5. The van der Waals surface area contributed by atoms with Crippen LogP contribution in [-0.4, -0.2) is 37.2 Å². The molecule has 6 heteroatoms. The van der Waals surface area contributed by atoms with Gasteiger partial charge in [0.1, 0.15) is 13.2 Å². The molecule has 0 aromatic carbocycles. The lowest BCUT2D eigenvalue weighted by Crippen LogP contribution is -2.30. The molecule has 0 aliphatic rings. The second-order valence-corrected chi connectivity index (χ2v) is 22.0. The van der Waals surface area contributed by atoms with Gasteiger partial charge in [0.05, 0.1) is 0 Å². The lowest BCUT2D eigenvalue weighted by Gasteiger charge is -2.18. The Bertz CT molecular complexity index is 1220. The molecule has 0 unspecified atom stereocenters. The Morgan fingerprint density at radius 2 is 0.493 bits per heavy atom. The van der Waals surface area contributed by atoms with Gasteiger partial charge in [0.25, 0.3) is 0 Å². The Morgan fingerprint density at radius 1 is 0.274 bits per heavy atom. The van der Waals surface area contributed by atoms with Gasteiger partial charge in [-0.15, -0.1) is 0 Å². The molecule has 0 aromatic rings. The van der Waals surface area contributed by atoms with Crippen LogP contribution in [0.5, 0.6) is 0 Å². The summed E-state index contributed by atoms with van der Waals surface area (Å²) in [6, 6.07) is 0. The summed E-state index contributed by atoms with van der Waals surface area (Å²) in [5.41, 5.74) is 0. The van der Waals surface area contributed by atoms with Crippen molar-refractivity contribution in [3.05, 3.63) is 36.5 Å². The van der Waals surface area contributed by atoms with Gasteiger partial charge in [-0.2, -0.15) is 0 Å². The first-order chi connectivity index (χ1) is 36.0. The van der Waals surface area contributed by atoms with Crippen LogP contribution in [0.2, 0.25) is 0 Å². The molecule has 6 nitrogen and oxygen atoms in total. The van der Waals surface area contributed by atoms with Gasteiger partial charge in [-0.25, -0.2) is 0 Å². The van der Waals surface area contributed by atoms with E-state index in [4.69, 9.17) is 14.2 Å². The van der Waals surface area contributed by atoms with Crippen LogP contribution >= 0.6 is 0 Å². The minimum atomic E-state index is -0.784. The highest BCUT2D eigenvalue weighted by molar-refractivity contribution is 5.71. The molecule has 0 amide bonds. The highest BCUT2D eigenvalue weighted by atomic mass is 16.6. The van der Waals surface area contributed by atoms with Crippen molar-refractivity contribution in [2.75, 3.05) is 13.2 Å². The Balaban J connectivity index is 4.33. The van der Waals surface area contributed by atoms with Crippen molar-refractivity contribution in [3.8, 4) is 0 Å². The first-order valence-electron chi connectivity index (χ1n) is 32.5. The molecule has 1 atom stereocenters. The molecule has 73 heavy (non-hydrogen) atoms. The number of esters is 3. The van der Waals surface area contributed by atoms with Crippen LogP contribution in [-0.2, 0) is 28.6 Å². The van der Waals surface area contributed by atoms with Gasteiger partial charge in [-0.1, -0.05) is 314 Å². The Morgan fingerprint density at radius 3 is 0.795 bits per heavy atom. The third-order valence-corrected chi connectivity index (χ3v) is 14.6. The SMILES string of the molecule is CCCCC/C=C\C/C=C\C/C=C\CCCCC(=O)OC[C@H](COC(=O)CCCCCCCCCCCCCCCCCCCCC)OC(=O)CCCCCCCCCCCCCCCCCCCCCCC. The van der Waals surface area contributed by atoms with E-state index in [2.05, 4.69) is 57.2 Å². The van der Waals surface area contributed by atoms with Crippen LogP contribution in [0, 0.1) is 0 Å². The number of hydrogen-bond acceptors (Lipinski definition) is 6. The maximum atomic E-state index is 12.9. The molecule has 0 saturated heterocycles. The maximum Gasteiger partial charge on any atom is 0.306 e. The average Bonchev–Trinajstić information content (AvgIpc) is 3.39. The van der Waals surface area contributed by atoms with Gasteiger partial charge in [-0.05, 0) is 57.8 Å². The summed E-state index contributed by atoms with van der Waals surface area (Å²) >= 11 is 0. The van der Waals surface area contributed by atoms with Crippen LogP contribution in [0.3, 0.4) is 0 Å². The van der Waals surface area contributed by atoms with Gasteiger partial charge >= 0.3 is 17.9 Å². The molecule has 0 radical (unpaired) electrons. The number of rotatable bonds is 60. The Kier molecular flexibility index (Phi) is 60.2. The van der Waals surface area contributed by atoms with Crippen molar-refractivity contribution in [2.24, 2.45) is 0 Å². The fourth-order valence-corrected chi connectivity index (χ4v) is 9.75. The van der Waals surface area contributed by atoms with E-state index < -0.39 is 6.10 Å². The second kappa shape index (κ2) is 62.2. The monoisotopic (exact) mass is 1020 g/mol. The van der Waals surface area contributed by atoms with Gasteiger partial charge in [0, 0.05) is 19.3 Å². The summed E-state index contributed by atoms with van der Waals surface area (Å²) in [6.07, 6.45) is 75.9. The molecule has 428 valence electrons. The zero-order valence-electron chi connectivity index (χ0n) is 49.2. The van der Waals surface area contributed by atoms with Gasteiger partial charge in [-0.3, -0.25) is 14.4 Å². The summed E-state index contributed by atoms with van der Waals surface area (Å²) < 4.78 is 16.9. The molecular weight excluding hydrogens is 901 g/mol. The van der Waals surface area contributed by atoms with Crippen LogP contribution in [0.4, 0.5) is 0 Å². The van der Waals surface area contributed by atoms with E-state index in [0.29, 0.717) is 19.3 Å². The van der Waals surface area contributed by atoms with Crippen molar-refractivity contribution < 1.29 is 28.6 Å². The number of unbranched alkanes of at least 4 members (excludes halogenated alkanes) is 43. The minimum absolute atomic E-state index is 0.0786. The summed E-state index contributed by atoms with van der Waals surface area (Å²) in [4.78, 5) is 38.3. The van der Waals surface area contributed by atoms with Crippen LogP contribution in [0.1, 0.15) is 355 Å². The maximum absolute atomic E-state index is 12.9. The smallest absolute Gasteiger partial charge is 0.306 e. The largest absolute Gasteiger partial charge is 0.462 e. The minimum Gasteiger partial charge on any atom is -0.462 e. The highest BCUT2D eigenvalue weighted by Crippen LogP contribution is 2.18. The molecule has 0 aliphatic heterocycles. The van der Waals surface area contributed by atoms with E-state index in [1.54, 1.807) is 0 Å². The van der Waals surface area contributed by atoms with Crippen LogP contribution < -0.4 is 0 Å². The molecule has 0 N–H and O–H groups in total. The van der Waals surface area contributed by atoms with E-state index in [1.807, 2.05) is 0 Å².